The zero-order chi connectivity index (χ0) is 13.7. The van der Waals surface area contributed by atoms with E-state index in [1.165, 1.54) is 11.4 Å². The van der Waals surface area contributed by atoms with E-state index in [1.807, 2.05) is 0 Å². The summed E-state index contributed by atoms with van der Waals surface area (Å²) < 4.78 is 24.1. The van der Waals surface area contributed by atoms with Gasteiger partial charge in [0.2, 0.25) is 15.9 Å². The van der Waals surface area contributed by atoms with Crippen LogP contribution >= 0.6 is 12.4 Å². The van der Waals surface area contributed by atoms with Gasteiger partial charge in [-0.3, -0.25) is 4.79 Å². The number of nitrogens with zero attached hydrogens (tertiary/aromatic N) is 1. The Morgan fingerprint density at radius 1 is 1.39 bits per heavy atom. The number of hydrogen-bond acceptors (Lipinski definition) is 4. The summed E-state index contributed by atoms with van der Waals surface area (Å²) >= 11 is 0. The van der Waals surface area contributed by atoms with Gasteiger partial charge in [0.15, 0.2) is 0 Å². The summed E-state index contributed by atoms with van der Waals surface area (Å²) in [6.07, 6.45) is 0.567. The third-order valence-electron chi connectivity index (χ3n) is 2.36. The highest BCUT2D eigenvalue weighted by Crippen LogP contribution is 1.99. The summed E-state index contributed by atoms with van der Waals surface area (Å²) in [5, 5.41) is 2.66. The van der Waals surface area contributed by atoms with Crippen LogP contribution in [-0.4, -0.2) is 50.1 Å². The lowest BCUT2D eigenvalue weighted by molar-refractivity contribution is -0.125. The number of rotatable bonds is 7. The largest absolute Gasteiger partial charge is 0.354 e. The van der Waals surface area contributed by atoms with Gasteiger partial charge in [0.1, 0.15) is 0 Å². The lowest BCUT2D eigenvalue weighted by Crippen LogP contribution is -2.49. The summed E-state index contributed by atoms with van der Waals surface area (Å²) in [4.78, 5) is 11.4. The second-order valence-electron chi connectivity index (χ2n) is 4.55. The number of nitrogens with two attached hydrogens (primary N) is 1. The van der Waals surface area contributed by atoms with Gasteiger partial charge >= 0.3 is 0 Å². The maximum Gasteiger partial charge on any atom is 0.239 e. The molecule has 1 amide bonds. The van der Waals surface area contributed by atoms with Gasteiger partial charge in [-0.1, -0.05) is 0 Å². The number of carbonyl (C=O) groups excluding carboxylic acids is 1. The molecule has 0 spiro atoms. The van der Waals surface area contributed by atoms with Crippen LogP contribution in [0.25, 0.3) is 0 Å². The Morgan fingerprint density at radius 3 is 2.28 bits per heavy atom. The molecule has 18 heavy (non-hydrogen) atoms. The van der Waals surface area contributed by atoms with E-state index >= 15 is 0 Å². The van der Waals surface area contributed by atoms with E-state index in [1.54, 1.807) is 20.8 Å². The molecule has 0 atom stereocenters. The van der Waals surface area contributed by atoms with Crippen molar-refractivity contribution in [1.82, 2.24) is 9.62 Å². The molecule has 0 aromatic rings. The van der Waals surface area contributed by atoms with Crippen LogP contribution in [0, 0.1) is 0 Å². The van der Waals surface area contributed by atoms with Crippen LogP contribution in [-0.2, 0) is 14.8 Å². The molecule has 0 fully saturated rings. The highest BCUT2D eigenvalue weighted by atomic mass is 35.5. The molecule has 0 aromatic carbocycles. The normalized spacial score (nSPS) is 12.1. The van der Waals surface area contributed by atoms with Crippen LogP contribution in [0.5, 0.6) is 0 Å². The minimum Gasteiger partial charge on any atom is -0.354 e. The monoisotopic (exact) mass is 301 g/mol. The molecule has 110 valence electrons. The smallest absolute Gasteiger partial charge is 0.239 e. The third-order valence-corrected chi connectivity index (χ3v) is 4.22. The first-order valence-electron chi connectivity index (χ1n) is 5.62. The summed E-state index contributed by atoms with van der Waals surface area (Å²) in [5.41, 5.74) is 4.69. The fraction of sp³-hybridized carbons (Fsp3) is 0.900. The molecular weight excluding hydrogens is 278 g/mol. The molecule has 0 aliphatic heterocycles. The Bertz CT molecular complexity index is 352. The fourth-order valence-electron chi connectivity index (χ4n) is 1.09. The van der Waals surface area contributed by atoms with Crippen molar-refractivity contribution in [2.45, 2.75) is 32.7 Å². The van der Waals surface area contributed by atoms with Gasteiger partial charge in [0, 0.05) is 20.1 Å². The molecule has 0 saturated carbocycles. The Hall–Kier alpha value is -0.370. The molecular formula is C10H24ClN3O3S. The highest BCUT2D eigenvalue weighted by Gasteiger charge is 2.21. The van der Waals surface area contributed by atoms with E-state index in [-0.39, 0.29) is 24.1 Å². The van der Waals surface area contributed by atoms with E-state index in [2.05, 4.69) is 5.32 Å². The first-order valence-corrected chi connectivity index (χ1v) is 7.23. The van der Waals surface area contributed by atoms with Crippen LogP contribution in [0.2, 0.25) is 0 Å². The van der Waals surface area contributed by atoms with Gasteiger partial charge in [-0.2, -0.15) is 0 Å². The molecule has 0 rings (SSSR count). The summed E-state index contributed by atoms with van der Waals surface area (Å²) in [6.45, 7) is 5.65. The molecule has 0 saturated heterocycles. The van der Waals surface area contributed by atoms with Crippen LogP contribution in [0.4, 0.5) is 0 Å². The first-order chi connectivity index (χ1) is 7.61. The highest BCUT2D eigenvalue weighted by molar-refractivity contribution is 7.89. The van der Waals surface area contributed by atoms with Gasteiger partial charge in [-0.15, -0.1) is 12.4 Å². The van der Waals surface area contributed by atoms with Crippen molar-refractivity contribution in [3.05, 3.63) is 0 Å². The SMILES string of the molecule is CCS(=O)(=O)N(C)CCCNC(=O)C(C)(C)N.Cl. The third kappa shape index (κ3) is 7.15. The predicted octanol–water partition coefficient (Wildman–Crippen LogP) is -0.0667. The maximum atomic E-state index is 11.4. The van der Waals surface area contributed by atoms with Gasteiger partial charge in [-0.05, 0) is 27.2 Å². The molecule has 0 unspecified atom stereocenters. The topological polar surface area (TPSA) is 92.5 Å². The van der Waals surface area contributed by atoms with Crippen molar-refractivity contribution in [3.8, 4) is 0 Å². The first kappa shape index (κ1) is 20.0. The standard InChI is InChI=1S/C10H23N3O3S.ClH/c1-5-17(15,16)13(4)8-6-7-12-9(14)10(2,3)11;/h5-8,11H2,1-4H3,(H,12,14);1H. The molecule has 0 aliphatic rings. The van der Waals surface area contributed by atoms with Crippen molar-refractivity contribution in [3.63, 3.8) is 0 Å². The zero-order valence-electron chi connectivity index (χ0n) is 11.4. The number of nitrogens with one attached hydrogen (secondary N) is 1. The Morgan fingerprint density at radius 2 is 1.89 bits per heavy atom. The number of amides is 1. The van der Waals surface area contributed by atoms with E-state index in [4.69, 9.17) is 5.73 Å². The van der Waals surface area contributed by atoms with Crippen molar-refractivity contribution in [1.29, 1.82) is 0 Å². The van der Waals surface area contributed by atoms with Crippen LogP contribution in [0.3, 0.4) is 0 Å². The van der Waals surface area contributed by atoms with Crippen molar-refractivity contribution < 1.29 is 13.2 Å². The lowest BCUT2D eigenvalue weighted by Gasteiger charge is -2.19. The predicted molar refractivity (Wildman–Crippen MR) is 75.2 cm³/mol. The van der Waals surface area contributed by atoms with Crippen molar-refractivity contribution in [2.75, 3.05) is 25.9 Å². The molecule has 0 aliphatic carbocycles. The van der Waals surface area contributed by atoms with Crippen molar-refractivity contribution >= 4 is 28.3 Å². The number of sulfonamides is 1. The second-order valence-corrected chi connectivity index (χ2v) is 6.92. The Kier molecular flexibility index (Phi) is 8.80. The van der Waals surface area contributed by atoms with E-state index in [0.29, 0.717) is 19.5 Å². The van der Waals surface area contributed by atoms with E-state index in [0.717, 1.165) is 0 Å². The summed E-state index contributed by atoms with van der Waals surface area (Å²) in [6, 6.07) is 0. The average molecular weight is 302 g/mol. The summed E-state index contributed by atoms with van der Waals surface area (Å²) in [7, 11) is -1.60. The van der Waals surface area contributed by atoms with Gasteiger partial charge in [0.25, 0.3) is 0 Å². The number of carbonyl (C=O) groups is 1. The minimum atomic E-state index is -3.13. The molecule has 0 radical (unpaired) electrons. The zero-order valence-corrected chi connectivity index (χ0v) is 13.0. The van der Waals surface area contributed by atoms with Crippen molar-refractivity contribution in [2.24, 2.45) is 5.73 Å². The van der Waals surface area contributed by atoms with Gasteiger partial charge in [-0.25, -0.2) is 12.7 Å². The van der Waals surface area contributed by atoms with Crippen LogP contribution in [0.1, 0.15) is 27.2 Å². The van der Waals surface area contributed by atoms with Crippen LogP contribution in [0.15, 0.2) is 0 Å². The lowest BCUT2D eigenvalue weighted by atomic mass is 10.1. The second kappa shape index (κ2) is 7.93. The van der Waals surface area contributed by atoms with Gasteiger partial charge < -0.3 is 11.1 Å². The molecule has 6 nitrogen and oxygen atoms in total. The fourth-order valence-corrected chi connectivity index (χ4v) is 1.94. The minimum absolute atomic E-state index is 0. The van der Waals surface area contributed by atoms with Crippen LogP contribution < -0.4 is 11.1 Å². The molecule has 8 heteroatoms. The number of hydrogen-bond donors (Lipinski definition) is 2. The number of halogens is 1. The Labute approximate surface area is 116 Å². The average Bonchev–Trinajstić information content (AvgIpc) is 2.22. The summed E-state index contributed by atoms with van der Waals surface area (Å²) in [5.74, 6) is -0.149. The maximum absolute atomic E-state index is 11.4. The van der Waals surface area contributed by atoms with E-state index in [9.17, 15) is 13.2 Å². The quantitative estimate of drug-likeness (QED) is 0.644. The molecule has 0 bridgehead atoms. The molecule has 0 heterocycles. The molecule has 3 N–H and O–H groups in total. The van der Waals surface area contributed by atoms with E-state index < -0.39 is 15.6 Å². The van der Waals surface area contributed by atoms with Gasteiger partial charge in [0.05, 0.1) is 11.3 Å². The Balaban J connectivity index is 0. The molecule has 0 aromatic heterocycles.